The molecule has 148 valence electrons. The highest BCUT2D eigenvalue weighted by atomic mass is 16.5. The van der Waals surface area contributed by atoms with E-state index < -0.39 is 0 Å². The molecule has 3 heterocycles. The van der Waals surface area contributed by atoms with Crippen molar-refractivity contribution in [3.05, 3.63) is 52.4 Å². The number of piperidine rings is 1. The Morgan fingerprint density at radius 3 is 2.54 bits per heavy atom. The van der Waals surface area contributed by atoms with E-state index in [1.807, 2.05) is 53.6 Å². The van der Waals surface area contributed by atoms with Gasteiger partial charge in [-0.05, 0) is 56.0 Å². The number of pyridine rings is 1. The first-order chi connectivity index (χ1) is 13.5. The minimum Gasteiger partial charge on any atom is -0.497 e. The molecule has 1 N–H and O–H groups in total. The molecule has 0 spiro atoms. The Labute approximate surface area is 165 Å². The lowest BCUT2D eigenvalue weighted by Gasteiger charge is -2.43. The van der Waals surface area contributed by atoms with Crippen LogP contribution < -0.4 is 15.6 Å². The smallest absolute Gasteiger partial charge is 0.317 e. The zero-order valence-electron chi connectivity index (χ0n) is 16.6. The fourth-order valence-electron chi connectivity index (χ4n) is 4.44. The van der Waals surface area contributed by atoms with E-state index in [0.29, 0.717) is 31.1 Å². The average Bonchev–Trinajstić information content (AvgIpc) is 2.68. The van der Waals surface area contributed by atoms with E-state index in [9.17, 15) is 9.59 Å². The van der Waals surface area contributed by atoms with Gasteiger partial charge in [-0.3, -0.25) is 4.79 Å². The molecule has 2 atom stereocenters. The predicted octanol–water partition coefficient (Wildman–Crippen LogP) is 3.06. The van der Waals surface area contributed by atoms with Crippen molar-refractivity contribution in [2.24, 2.45) is 5.92 Å². The Morgan fingerprint density at radius 1 is 1.11 bits per heavy atom. The van der Waals surface area contributed by atoms with Crippen LogP contribution in [0, 0.1) is 5.92 Å². The molecule has 2 bridgehead atoms. The Kier molecular flexibility index (Phi) is 4.87. The van der Waals surface area contributed by atoms with Gasteiger partial charge in [0.2, 0.25) is 0 Å². The topological polar surface area (TPSA) is 63.6 Å². The zero-order chi connectivity index (χ0) is 19.8. The van der Waals surface area contributed by atoms with Gasteiger partial charge < -0.3 is 19.5 Å². The van der Waals surface area contributed by atoms with Gasteiger partial charge >= 0.3 is 6.03 Å². The first-order valence-electron chi connectivity index (χ1n) is 9.90. The van der Waals surface area contributed by atoms with Crippen LogP contribution in [-0.2, 0) is 6.54 Å². The number of methoxy groups -OCH3 is 1. The maximum atomic E-state index is 13.2. The van der Waals surface area contributed by atoms with Crippen LogP contribution >= 0.6 is 0 Å². The fourth-order valence-corrected chi connectivity index (χ4v) is 4.44. The summed E-state index contributed by atoms with van der Waals surface area (Å²) in [6, 6.07) is 11.7. The molecule has 0 aliphatic carbocycles. The number of likely N-dealkylation sites (tertiary alicyclic amines) is 1. The molecule has 2 aliphatic heterocycles. The lowest BCUT2D eigenvalue weighted by atomic mass is 9.83. The molecule has 6 nitrogen and oxygen atoms in total. The van der Waals surface area contributed by atoms with Gasteiger partial charge in [0.1, 0.15) is 5.75 Å². The van der Waals surface area contributed by atoms with Gasteiger partial charge in [0.05, 0.1) is 7.11 Å². The number of nitrogens with zero attached hydrogens (tertiary/aromatic N) is 2. The van der Waals surface area contributed by atoms with Crippen molar-refractivity contribution in [2.45, 2.75) is 38.8 Å². The summed E-state index contributed by atoms with van der Waals surface area (Å²) in [4.78, 5) is 27.6. The van der Waals surface area contributed by atoms with Crippen LogP contribution in [0.2, 0.25) is 0 Å². The van der Waals surface area contributed by atoms with Crippen molar-refractivity contribution in [1.29, 1.82) is 0 Å². The summed E-state index contributed by atoms with van der Waals surface area (Å²) in [7, 11) is 1.63. The molecule has 1 aromatic carbocycles. The molecular weight excluding hydrogens is 354 g/mol. The van der Waals surface area contributed by atoms with Gasteiger partial charge in [-0.25, -0.2) is 4.79 Å². The normalized spacial score (nSPS) is 20.6. The van der Waals surface area contributed by atoms with E-state index in [4.69, 9.17) is 4.74 Å². The van der Waals surface area contributed by atoms with E-state index in [1.54, 1.807) is 7.11 Å². The zero-order valence-corrected chi connectivity index (χ0v) is 16.6. The summed E-state index contributed by atoms with van der Waals surface area (Å²) >= 11 is 0. The van der Waals surface area contributed by atoms with Gasteiger partial charge in [-0.15, -0.1) is 0 Å². The minimum absolute atomic E-state index is 0.00431. The lowest BCUT2D eigenvalue weighted by molar-refractivity contribution is 0.130. The molecule has 6 heteroatoms. The van der Waals surface area contributed by atoms with Crippen LogP contribution in [0.25, 0.3) is 11.1 Å². The van der Waals surface area contributed by atoms with Crippen molar-refractivity contribution in [2.75, 3.05) is 20.2 Å². The quantitative estimate of drug-likeness (QED) is 0.889. The molecule has 4 rings (SSSR count). The average molecular weight is 381 g/mol. The molecule has 28 heavy (non-hydrogen) atoms. The summed E-state index contributed by atoms with van der Waals surface area (Å²) in [5.74, 6) is 1.30. The molecule has 2 amide bonds. The minimum atomic E-state index is -0.00431. The van der Waals surface area contributed by atoms with Crippen LogP contribution in [0.5, 0.6) is 5.75 Å². The van der Waals surface area contributed by atoms with Gasteiger partial charge in [-0.2, -0.15) is 0 Å². The number of benzene rings is 1. The molecule has 2 unspecified atom stereocenters. The van der Waals surface area contributed by atoms with Gasteiger partial charge in [0, 0.05) is 42.9 Å². The molecular formula is C22H27N3O3. The van der Waals surface area contributed by atoms with Crippen LogP contribution in [0.1, 0.15) is 31.9 Å². The second kappa shape index (κ2) is 7.34. The first-order valence-corrected chi connectivity index (χ1v) is 9.90. The van der Waals surface area contributed by atoms with E-state index in [1.165, 1.54) is 0 Å². The Hall–Kier alpha value is -2.76. The summed E-state index contributed by atoms with van der Waals surface area (Å²) in [6.07, 6.45) is 1.03. The molecule has 1 aromatic heterocycles. The number of carbonyl (C=O) groups excluding carboxylic acids is 1. The van der Waals surface area contributed by atoms with Crippen molar-refractivity contribution < 1.29 is 9.53 Å². The first kappa shape index (κ1) is 18.6. The van der Waals surface area contributed by atoms with Crippen LogP contribution in [0.3, 0.4) is 0 Å². The van der Waals surface area contributed by atoms with E-state index in [2.05, 4.69) is 11.4 Å². The molecule has 0 radical (unpaired) electrons. The fraction of sp³-hybridized carbons (Fsp3) is 0.455. The summed E-state index contributed by atoms with van der Waals surface area (Å²) in [5.41, 5.74) is 2.70. The van der Waals surface area contributed by atoms with Gasteiger partial charge in [0.15, 0.2) is 0 Å². The number of hydrogen-bond acceptors (Lipinski definition) is 3. The van der Waals surface area contributed by atoms with Crippen molar-refractivity contribution >= 4 is 6.03 Å². The third-order valence-corrected chi connectivity index (χ3v) is 5.70. The van der Waals surface area contributed by atoms with Crippen molar-refractivity contribution in [3.8, 4) is 16.9 Å². The Bertz CT molecular complexity index is 933. The van der Waals surface area contributed by atoms with E-state index >= 15 is 0 Å². The Balaban J connectivity index is 1.63. The van der Waals surface area contributed by atoms with Gasteiger partial charge in [-0.1, -0.05) is 12.1 Å². The largest absolute Gasteiger partial charge is 0.497 e. The van der Waals surface area contributed by atoms with Crippen molar-refractivity contribution in [1.82, 2.24) is 14.8 Å². The third kappa shape index (κ3) is 3.39. The monoisotopic (exact) mass is 381 g/mol. The second-order valence-corrected chi connectivity index (χ2v) is 8.12. The molecule has 2 aliphatic rings. The SMILES string of the molecule is COc1ccc(-c2ccc3n(c2=O)CC2CC3CN(C(=O)NC(C)C)C2)cc1. The van der Waals surface area contributed by atoms with E-state index in [-0.39, 0.29) is 23.6 Å². The number of fused-ring (bicyclic) bond motifs is 4. The highest BCUT2D eigenvalue weighted by molar-refractivity contribution is 5.74. The standard InChI is InChI=1S/C22H27N3O3/c1-14(2)23-22(27)24-11-15-10-17(13-24)20-9-8-19(21(26)25(20)12-15)16-4-6-18(28-3)7-5-16/h4-9,14-15,17H,10-13H2,1-3H3,(H,23,27). The number of urea groups is 1. The highest BCUT2D eigenvalue weighted by Crippen LogP contribution is 2.35. The Morgan fingerprint density at radius 2 is 1.86 bits per heavy atom. The number of amides is 2. The number of carbonyl (C=O) groups is 1. The van der Waals surface area contributed by atoms with Crippen molar-refractivity contribution in [3.63, 3.8) is 0 Å². The second-order valence-electron chi connectivity index (χ2n) is 8.12. The number of rotatable bonds is 3. The molecule has 1 fully saturated rings. The van der Waals surface area contributed by atoms with Gasteiger partial charge in [0.25, 0.3) is 5.56 Å². The van der Waals surface area contributed by atoms with Crippen LogP contribution in [0.15, 0.2) is 41.2 Å². The van der Waals surface area contributed by atoms with Crippen LogP contribution in [0.4, 0.5) is 4.79 Å². The van der Waals surface area contributed by atoms with E-state index in [0.717, 1.165) is 23.4 Å². The number of aromatic nitrogens is 1. The number of nitrogens with one attached hydrogen (secondary N) is 1. The number of ether oxygens (including phenoxy) is 1. The molecule has 0 saturated carbocycles. The number of hydrogen-bond donors (Lipinski definition) is 1. The lowest BCUT2D eigenvalue weighted by Crippen LogP contribution is -2.52. The highest BCUT2D eigenvalue weighted by Gasteiger charge is 2.36. The van der Waals surface area contributed by atoms with Crippen LogP contribution in [-0.4, -0.2) is 41.7 Å². The third-order valence-electron chi connectivity index (χ3n) is 5.70. The summed E-state index contributed by atoms with van der Waals surface area (Å²) in [6.45, 7) is 5.97. The maximum Gasteiger partial charge on any atom is 0.317 e. The summed E-state index contributed by atoms with van der Waals surface area (Å²) < 4.78 is 7.14. The predicted molar refractivity (Wildman–Crippen MR) is 109 cm³/mol. The molecule has 2 aromatic rings. The molecule has 1 saturated heterocycles. The summed E-state index contributed by atoms with van der Waals surface area (Å²) in [5, 5.41) is 2.99. The maximum absolute atomic E-state index is 13.2.